The van der Waals surface area contributed by atoms with Crippen LogP contribution in [0.5, 0.6) is 0 Å². The molecule has 10 heteroatoms. The lowest BCUT2D eigenvalue weighted by Crippen LogP contribution is -2.48. The van der Waals surface area contributed by atoms with E-state index < -0.39 is 49.6 Å². The third-order valence-corrected chi connectivity index (χ3v) is 3.56. The number of aliphatic hydroxyl groups is 4. The fourth-order valence-electron chi connectivity index (χ4n) is 1.96. The summed E-state index contributed by atoms with van der Waals surface area (Å²) in [6.45, 7) is 11.6. The highest BCUT2D eigenvalue weighted by molar-refractivity contribution is 5.90. The lowest BCUT2D eigenvalue weighted by molar-refractivity contribution is -0.159. The maximum absolute atomic E-state index is 11.8. The number of carbonyl (C=O) groups is 2. The highest BCUT2D eigenvalue weighted by Crippen LogP contribution is 2.11. The van der Waals surface area contributed by atoms with Crippen molar-refractivity contribution in [3.05, 3.63) is 22.5 Å². The molecule has 0 rings (SSSR count). The van der Waals surface area contributed by atoms with E-state index in [4.69, 9.17) is 9.47 Å². The molecule has 0 aliphatic rings. The second-order valence-electron chi connectivity index (χ2n) is 6.33. The fourth-order valence-corrected chi connectivity index (χ4v) is 1.96. The highest BCUT2D eigenvalue weighted by atomic mass is 16.6. The smallest absolute Gasteiger partial charge is 0.356 e. The Balaban J connectivity index is 4.72. The number of hydrogen-bond donors (Lipinski definition) is 4. The van der Waals surface area contributed by atoms with Crippen molar-refractivity contribution in [2.24, 2.45) is 9.98 Å². The number of esters is 2. The van der Waals surface area contributed by atoms with Crippen LogP contribution in [0.15, 0.2) is 32.5 Å². The van der Waals surface area contributed by atoms with Gasteiger partial charge in [-0.3, -0.25) is 9.98 Å². The first-order valence-corrected chi connectivity index (χ1v) is 8.32. The van der Waals surface area contributed by atoms with Gasteiger partial charge in [0.15, 0.2) is 0 Å². The molecule has 0 aromatic rings. The van der Waals surface area contributed by atoms with Crippen LogP contribution in [0.1, 0.15) is 27.7 Å². The van der Waals surface area contributed by atoms with Gasteiger partial charge in [0.05, 0.1) is 0 Å². The summed E-state index contributed by atoms with van der Waals surface area (Å²) in [7, 11) is 0. The summed E-state index contributed by atoms with van der Waals surface area (Å²) >= 11 is 0. The van der Waals surface area contributed by atoms with Gasteiger partial charge in [0.2, 0.25) is 0 Å². The van der Waals surface area contributed by atoms with Crippen molar-refractivity contribution in [3.63, 3.8) is 0 Å². The van der Waals surface area contributed by atoms with Crippen LogP contribution in [-0.2, 0) is 19.1 Å². The van der Waals surface area contributed by atoms with Gasteiger partial charge in [-0.1, -0.05) is 0 Å². The van der Waals surface area contributed by atoms with Crippen molar-refractivity contribution in [2.45, 2.75) is 52.1 Å². The van der Waals surface area contributed by atoms with E-state index in [0.29, 0.717) is 11.1 Å². The Bertz CT molecular complexity index is 592. The van der Waals surface area contributed by atoms with E-state index in [0.717, 1.165) is 0 Å². The summed E-state index contributed by atoms with van der Waals surface area (Å²) in [5.41, 5.74) is 0.995. The molecule has 0 aromatic heterocycles. The minimum Gasteiger partial charge on any atom is -0.458 e. The van der Waals surface area contributed by atoms with Crippen molar-refractivity contribution in [1.82, 2.24) is 0 Å². The summed E-state index contributed by atoms with van der Waals surface area (Å²) in [4.78, 5) is 30.6. The van der Waals surface area contributed by atoms with Gasteiger partial charge in [0.1, 0.15) is 49.0 Å². The molecule has 0 radical (unpaired) electrons. The predicted octanol–water partition coefficient (Wildman–Crippen LogP) is -0.495. The highest BCUT2D eigenvalue weighted by Gasteiger charge is 2.32. The zero-order chi connectivity index (χ0) is 22.0. The minimum absolute atomic E-state index is 0.0416. The summed E-state index contributed by atoms with van der Waals surface area (Å²) < 4.78 is 9.59. The first kappa shape index (κ1) is 25.6. The van der Waals surface area contributed by atoms with Crippen LogP contribution in [0.25, 0.3) is 0 Å². The quantitative estimate of drug-likeness (QED) is 0.205. The summed E-state index contributed by atoms with van der Waals surface area (Å²) in [6, 6.07) is 0. The molecule has 0 bridgehead atoms. The molecule has 4 N–H and O–H groups in total. The Kier molecular flexibility index (Phi) is 11.1. The summed E-state index contributed by atoms with van der Waals surface area (Å²) in [5.74, 6) is -1.73. The molecule has 0 saturated heterocycles. The van der Waals surface area contributed by atoms with E-state index in [1.54, 1.807) is 27.7 Å². The van der Waals surface area contributed by atoms with Gasteiger partial charge in [-0.2, -0.15) is 0 Å². The van der Waals surface area contributed by atoms with Crippen LogP contribution >= 0.6 is 0 Å². The van der Waals surface area contributed by atoms with Gasteiger partial charge in [0, 0.05) is 0 Å². The average Bonchev–Trinajstić information content (AvgIpc) is 2.63. The molecule has 0 spiro atoms. The first-order chi connectivity index (χ1) is 13.0. The monoisotopic (exact) mass is 400 g/mol. The predicted molar refractivity (Wildman–Crippen MR) is 102 cm³/mol. The topological polar surface area (TPSA) is 158 Å². The number of carbonyl (C=O) groups excluding carboxylic acids is 2. The normalized spacial score (nSPS) is 14.7. The fraction of sp³-hybridized carbons (Fsp3) is 0.556. The van der Waals surface area contributed by atoms with Gasteiger partial charge < -0.3 is 29.9 Å². The van der Waals surface area contributed by atoms with Gasteiger partial charge in [-0.15, -0.1) is 0 Å². The van der Waals surface area contributed by atoms with E-state index in [1.807, 2.05) is 0 Å². The van der Waals surface area contributed by atoms with Crippen molar-refractivity contribution in [3.8, 4) is 0 Å². The Morgan fingerprint density at radius 3 is 1.25 bits per heavy atom. The van der Waals surface area contributed by atoms with E-state index in [-0.39, 0.29) is 11.4 Å². The molecule has 4 atom stereocenters. The van der Waals surface area contributed by atoms with E-state index in [2.05, 4.69) is 23.4 Å². The van der Waals surface area contributed by atoms with Gasteiger partial charge >= 0.3 is 11.9 Å². The molecule has 0 unspecified atom stereocenters. The Labute approximate surface area is 163 Å². The standard InChI is InChI=1S/C18H28N2O8/c1-9(2)13(19-5)17(25)27-7-11(21)15(23)16(24)12(22)8-28-18(26)14(20-6)10(3)4/h11-12,15-16,21-24H,5-8H2,1-4H3/t11-,12-,15-,16-/m1/s1. The third kappa shape index (κ3) is 7.69. The Hall–Kier alpha value is -2.40. The molecule has 10 nitrogen and oxygen atoms in total. The zero-order valence-electron chi connectivity index (χ0n) is 16.5. The maximum atomic E-state index is 11.8. The molecule has 28 heavy (non-hydrogen) atoms. The second-order valence-corrected chi connectivity index (χ2v) is 6.33. The van der Waals surface area contributed by atoms with Gasteiger partial charge in [0.25, 0.3) is 0 Å². The Morgan fingerprint density at radius 2 is 1.04 bits per heavy atom. The van der Waals surface area contributed by atoms with E-state index in [1.165, 1.54) is 0 Å². The molecule has 0 aromatic carbocycles. The SMILES string of the molecule is C=NC(C(=O)OC[C@@H](O)[C@@H](O)[C@H](O)[C@H](O)COC(=O)C(N=C)=C(C)C)=C(C)C. The van der Waals surface area contributed by atoms with E-state index in [9.17, 15) is 30.0 Å². The van der Waals surface area contributed by atoms with Crippen molar-refractivity contribution in [1.29, 1.82) is 0 Å². The van der Waals surface area contributed by atoms with Crippen molar-refractivity contribution < 1.29 is 39.5 Å². The number of nitrogens with zero attached hydrogens (tertiary/aromatic N) is 2. The number of aliphatic hydroxyl groups excluding tert-OH is 4. The van der Waals surface area contributed by atoms with Crippen LogP contribution in [0.2, 0.25) is 0 Å². The molecule has 158 valence electrons. The molecule has 0 aliphatic carbocycles. The van der Waals surface area contributed by atoms with Crippen LogP contribution in [0, 0.1) is 0 Å². The lowest BCUT2D eigenvalue weighted by Gasteiger charge is -2.26. The van der Waals surface area contributed by atoms with Crippen LogP contribution in [0.4, 0.5) is 0 Å². The molecule has 0 saturated carbocycles. The summed E-state index contributed by atoms with van der Waals surface area (Å²) in [6.07, 6.45) is -7.19. The number of aliphatic imine (C=N–C) groups is 2. The summed E-state index contributed by atoms with van der Waals surface area (Å²) in [5, 5.41) is 39.5. The number of allylic oxidation sites excluding steroid dienone is 2. The maximum Gasteiger partial charge on any atom is 0.356 e. The number of ether oxygens (including phenoxy) is 2. The molecule has 0 fully saturated rings. The van der Waals surface area contributed by atoms with Crippen molar-refractivity contribution >= 4 is 25.4 Å². The van der Waals surface area contributed by atoms with Crippen molar-refractivity contribution in [2.75, 3.05) is 13.2 Å². The number of hydrogen-bond acceptors (Lipinski definition) is 10. The molecular formula is C18H28N2O8. The Morgan fingerprint density at radius 1 is 0.750 bits per heavy atom. The third-order valence-electron chi connectivity index (χ3n) is 3.56. The largest absolute Gasteiger partial charge is 0.458 e. The van der Waals surface area contributed by atoms with Crippen LogP contribution < -0.4 is 0 Å². The van der Waals surface area contributed by atoms with Crippen LogP contribution in [-0.4, -0.2) is 83.4 Å². The zero-order valence-corrected chi connectivity index (χ0v) is 16.5. The second kappa shape index (κ2) is 12.1. The van der Waals surface area contributed by atoms with Crippen LogP contribution in [0.3, 0.4) is 0 Å². The lowest BCUT2D eigenvalue weighted by atomic mass is 10.0. The molecular weight excluding hydrogens is 372 g/mol. The molecule has 0 aliphatic heterocycles. The molecule has 0 heterocycles. The van der Waals surface area contributed by atoms with Gasteiger partial charge in [-0.25, -0.2) is 9.59 Å². The van der Waals surface area contributed by atoms with Gasteiger partial charge in [-0.05, 0) is 52.3 Å². The molecule has 0 amide bonds. The minimum atomic E-state index is -1.88. The average molecular weight is 400 g/mol. The first-order valence-electron chi connectivity index (χ1n) is 8.32. The number of rotatable bonds is 11. The van der Waals surface area contributed by atoms with E-state index >= 15 is 0 Å².